The summed E-state index contributed by atoms with van der Waals surface area (Å²) in [7, 11) is 0. The molecule has 0 aromatic rings. The van der Waals surface area contributed by atoms with E-state index in [0.717, 1.165) is 6.42 Å². The Morgan fingerprint density at radius 1 is 1.00 bits per heavy atom. The molecule has 0 aliphatic carbocycles. The number of rotatable bonds is 5. The lowest BCUT2D eigenvalue weighted by Gasteiger charge is -1.84. The molecule has 0 spiro atoms. The van der Waals surface area contributed by atoms with Crippen molar-refractivity contribution in [2.24, 2.45) is 0 Å². The second kappa shape index (κ2) is 13.0. The van der Waals surface area contributed by atoms with Gasteiger partial charge in [-0.05, 0) is 36.5 Å². The van der Waals surface area contributed by atoms with Crippen molar-refractivity contribution in [2.45, 2.75) is 26.2 Å². The van der Waals surface area contributed by atoms with Gasteiger partial charge < -0.3 is 0 Å². The molecule has 0 saturated heterocycles. The number of allylic oxidation sites excluding steroid dienone is 6. The molecule has 16 heavy (non-hydrogen) atoms. The van der Waals surface area contributed by atoms with Gasteiger partial charge in [-0.15, -0.1) is 0 Å². The van der Waals surface area contributed by atoms with E-state index in [0.29, 0.717) is 6.29 Å². The molecule has 0 saturated carbocycles. The monoisotopic (exact) mass is 212 g/mol. The summed E-state index contributed by atoms with van der Waals surface area (Å²) >= 11 is 0. The summed E-state index contributed by atoms with van der Waals surface area (Å²) in [5.74, 6) is 10.6. The summed E-state index contributed by atoms with van der Waals surface area (Å²) < 4.78 is 0. The van der Waals surface area contributed by atoms with Crippen LogP contribution in [0, 0.1) is 23.7 Å². The average molecular weight is 212 g/mol. The Morgan fingerprint density at radius 2 is 1.69 bits per heavy atom. The van der Waals surface area contributed by atoms with E-state index in [1.807, 2.05) is 12.2 Å². The molecule has 0 unspecified atom stereocenters. The van der Waals surface area contributed by atoms with Crippen molar-refractivity contribution in [2.75, 3.05) is 0 Å². The van der Waals surface area contributed by atoms with E-state index in [2.05, 4.69) is 36.7 Å². The molecule has 0 fully saturated rings. The molecule has 0 aliphatic rings. The van der Waals surface area contributed by atoms with Crippen LogP contribution in [0.4, 0.5) is 0 Å². The summed E-state index contributed by atoms with van der Waals surface area (Å²) in [6, 6.07) is 0. The third-order valence-corrected chi connectivity index (χ3v) is 1.62. The Balaban J connectivity index is 3.77. The zero-order valence-electron chi connectivity index (χ0n) is 9.57. The SMILES string of the molecule is CCCC/C=C/C=C/C#CC#C/C=C/C=O. The second-order valence-corrected chi connectivity index (χ2v) is 2.96. The minimum absolute atomic E-state index is 0.684. The average Bonchev–Trinajstić information content (AvgIpc) is 2.31. The second-order valence-electron chi connectivity index (χ2n) is 2.96. The van der Waals surface area contributed by atoms with Gasteiger partial charge in [0.1, 0.15) is 6.29 Å². The van der Waals surface area contributed by atoms with Gasteiger partial charge in [0.15, 0.2) is 0 Å². The number of unbranched alkanes of at least 4 members (excludes halogenated alkanes) is 2. The maximum absolute atomic E-state index is 9.88. The van der Waals surface area contributed by atoms with Crippen LogP contribution in [0.5, 0.6) is 0 Å². The van der Waals surface area contributed by atoms with Crippen LogP contribution in [0.2, 0.25) is 0 Å². The molecule has 82 valence electrons. The van der Waals surface area contributed by atoms with Gasteiger partial charge in [0, 0.05) is 0 Å². The Kier molecular flexibility index (Phi) is 11.4. The molecule has 0 bridgehead atoms. The number of aldehydes is 1. The molecule has 0 aliphatic heterocycles. The summed E-state index contributed by atoms with van der Waals surface area (Å²) in [6.07, 6.45) is 14.8. The van der Waals surface area contributed by atoms with E-state index in [4.69, 9.17) is 0 Å². The van der Waals surface area contributed by atoms with Crippen molar-refractivity contribution in [3.63, 3.8) is 0 Å². The number of carbonyl (C=O) groups is 1. The number of hydrogen-bond donors (Lipinski definition) is 0. The molecule has 0 amide bonds. The molecule has 0 radical (unpaired) electrons. The van der Waals surface area contributed by atoms with Crippen molar-refractivity contribution in [1.29, 1.82) is 0 Å². The van der Waals surface area contributed by atoms with Gasteiger partial charge in [0.05, 0.1) is 0 Å². The van der Waals surface area contributed by atoms with Gasteiger partial charge in [-0.3, -0.25) is 4.79 Å². The third kappa shape index (κ3) is 12.0. The molecule has 0 atom stereocenters. The summed E-state index contributed by atoms with van der Waals surface area (Å²) in [5.41, 5.74) is 0. The van der Waals surface area contributed by atoms with Crippen LogP contribution in [-0.2, 0) is 4.79 Å². The lowest BCUT2D eigenvalue weighted by atomic mass is 10.2. The van der Waals surface area contributed by atoms with E-state index in [-0.39, 0.29) is 0 Å². The highest BCUT2D eigenvalue weighted by atomic mass is 16.1. The van der Waals surface area contributed by atoms with Crippen LogP contribution < -0.4 is 0 Å². The first-order valence-corrected chi connectivity index (χ1v) is 5.35. The zero-order valence-corrected chi connectivity index (χ0v) is 9.57. The first-order chi connectivity index (χ1) is 7.91. The van der Waals surface area contributed by atoms with E-state index >= 15 is 0 Å². The van der Waals surface area contributed by atoms with Crippen molar-refractivity contribution in [3.8, 4) is 23.7 Å². The molecular weight excluding hydrogens is 196 g/mol. The minimum Gasteiger partial charge on any atom is -0.299 e. The zero-order chi connectivity index (χ0) is 11.9. The van der Waals surface area contributed by atoms with Gasteiger partial charge in [0.25, 0.3) is 0 Å². The maximum atomic E-state index is 9.88. The maximum Gasteiger partial charge on any atom is 0.143 e. The van der Waals surface area contributed by atoms with Crippen LogP contribution >= 0.6 is 0 Å². The van der Waals surface area contributed by atoms with E-state index in [1.54, 1.807) is 6.08 Å². The third-order valence-electron chi connectivity index (χ3n) is 1.62. The lowest BCUT2D eigenvalue weighted by molar-refractivity contribution is -0.104. The fourth-order valence-electron chi connectivity index (χ4n) is 0.843. The van der Waals surface area contributed by atoms with E-state index < -0.39 is 0 Å². The summed E-state index contributed by atoms with van der Waals surface area (Å²) in [6.45, 7) is 2.17. The van der Waals surface area contributed by atoms with Gasteiger partial charge in [-0.1, -0.05) is 49.8 Å². The van der Waals surface area contributed by atoms with Gasteiger partial charge in [-0.25, -0.2) is 0 Å². The van der Waals surface area contributed by atoms with E-state index in [1.165, 1.54) is 25.0 Å². The predicted octanol–water partition coefficient (Wildman–Crippen LogP) is 3.05. The molecule has 0 N–H and O–H groups in total. The van der Waals surface area contributed by atoms with Crippen LogP contribution in [-0.4, -0.2) is 6.29 Å². The molecule has 0 aromatic heterocycles. The highest BCUT2D eigenvalue weighted by molar-refractivity contribution is 5.65. The normalized spacial score (nSPS) is 10.1. The van der Waals surface area contributed by atoms with Crippen LogP contribution in [0.1, 0.15) is 26.2 Å². The van der Waals surface area contributed by atoms with Crippen molar-refractivity contribution >= 4 is 6.29 Å². The lowest BCUT2D eigenvalue weighted by Crippen LogP contribution is -1.64. The predicted molar refractivity (Wildman–Crippen MR) is 68.6 cm³/mol. The largest absolute Gasteiger partial charge is 0.299 e. The van der Waals surface area contributed by atoms with Gasteiger partial charge in [0.2, 0.25) is 0 Å². The Bertz CT molecular complexity index is 375. The number of carbonyl (C=O) groups excluding carboxylic acids is 1. The fraction of sp³-hybridized carbons (Fsp3) is 0.267. The smallest absolute Gasteiger partial charge is 0.143 e. The topological polar surface area (TPSA) is 17.1 Å². The minimum atomic E-state index is 0.684. The molecule has 1 nitrogen and oxygen atoms in total. The highest BCUT2D eigenvalue weighted by Crippen LogP contribution is 1.94. The number of hydrogen-bond acceptors (Lipinski definition) is 1. The van der Waals surface area contributed by atoms with E-state index in [9.17, 15) is 4.79 Å². The quantitative estimate of drug-likeness (QED) is 0.225. The summed E-state index contributed by atoms with van der Waals surface area (Å²) in [4.78, 5) is 9.88. The van der Waals surface area contributed by atoms with Crippen LogP contribution in [0.25, 0.3) is 0 Å². The van der Waals surface area contributed by atoms with Crippen molar-refractivity contribution in [3.05, 3.63) is 36.5 Å². The Labute approximate surface area is 97.9 Å². The van der Waals surface area contributed by atoms with Gasteiger partial charge in [-0.2, -0.15) is 0 Å². The molecule has 0 aromatic carbocycles. The van der Waals surface area contributed by atoms with Crippen LogP contribution in [0.15, 0.2) is 36.5 Å². The molecule has 1 heteroatoms. The standard InChI is InChI=1S/C15H16O/c1-2-3-4-5-6-7-8-9-10-11-12-13-14-15-16/h5-8,13-15H,2-4H2,1H3/b6-5+,8-7+,14-13+. The molecular formula is C15H16O. The first-order valence-electron chi connectivity index (χ1n) is 5.35. The fourth-order valence-corrected chi connectivity index (χ4v) is 0.843. The summed E-state index contributed by atoms with van der Waals surface area (Å²) in [5, 5.41) is 0. The van der Waals surface area contributed by atoms with Crippen molar-refractivity contribution < 1.29 is 4.79 Å². The van der Waals surface area contributed by atoms with Crippen LogP contribution in [0.3, 0.4) is 0 Å². The molecule has 0 heterocycles. The molecule has 0 rings (SSSR count). The first kappa shape index (κ1) is 14.0. The Morgan fingerprint density at radius 3 is 2.31 bits per heavy atom. The van der Waals surface area contributed by atoms with Crippen molar-refractivity contribution in [1.82, 2.24) is 0 Å². The highest BCUT2D eigenvalue weighted by Gasteiger charge is 1.74. The van der Waals surface area contributed by atoms with Gasteiger partial charge >= 0.3 is 0 Å². The Hall–Kier alpha value is -1.99.